The Hall–Kier alpha value is -3.26. The molecule has 2 atom stereocenters. The fourth-order valence-electron chi connectivity index (χ4n) is 4.34. The fourth-order valence-corrected chi connectivity index (χ4v) is 4.34. The minimum atomic E-state index is -0.662. The van der Waals surface area contributed by atoms with Gasteiger partial charge in [0.1, 0.15) is 22.8 Å². The van der Waals surface area contributed by atoms with E-state index in [-0.39, 0.29) is 5.56 Å². The minimum Gasteiger partial charge on any atom is -0.370 e. The second-order valence-corrected chi connectivity index (χ2v) is 9.40. The number of aromatic nitrogens is 5. The standard InChI is InChI=1S/C15H11F2N3.C12H18N2O/c1-8-9(2)20-15-13(19-8)5-6-18-14(15)11-4-3-10(16)7-12(11)17;1-9-3-2-4-12(15-9)10-7-13-14(8-10)11-5-6-11/h3-7H,1-2H3;7-9,11-12H,2-6H2,1H3. The van der Waals surface area contributed by atoms with Crippen molar-refractivity contribution in [1.29, 1.82) is 0 Å². The summed E-state index contributed by atoms with van der Waals surface area (Å²) < 4.78 is 35.0. The zero-order valence-electron chi connectivity index (χ0n) is 20.2. The Morgan fingerprint density at radius 1 is 1.00 bits per heavy atom. The van der Waals surface area contributed by atoms with E-state index in [1.807, 2.05) is 20.0 Å². The Balaban J connectivity index is 0.000000151. The minimum absolute atomic E-state index is 0.217. The second kappa shape index (κ2) is 9.77. The van der Waals surface area contributed by atoms with Crippen LogP contribution in [0.5, 0.6) is 0 Å². The fraction of sp³-hybridized carbons (Fsp3) is 0.407. The van der Waals surface area contributed by atoms with Crippen molar-refractivity contribution in [3.63, 3.8) is 0 Å². The van der Waals surface area contributed by atoms with E-state index in [2.05, 4.69) is 37.9 Å². The molecule has 1 saturated heterocycles. The van der Waals surface area contributed by atoms with Gasteiger partial charge in [-0.3, -0.25) is 9.67 Å². The van der Waals surface area contributed by atoms with Crippen LogP contribution in [0.15, 0.2) is 42.9 Å². The zero-order valence-corrected chi connectivity index (χ0v) is 20.2. The number of halogens is 2. The molecule has 0 bridgehead atoms. The number of ether oxygens (including phenoxy) is 1. The molecule has 182 valence electrons. The number of pyridine rings is 1. The first-order valence-electron chi connectivity index (χ1n) is 12.1. The number of nitrogens with zero attached hydrogens (tertiary/aromatic N) is 5. The van der Waals surface area contributed by atoms with Crippen LogP contribution in [0, 0.1) is 25.5 Å². The molecule has 6 nitrogen and oxygen atoms in total. The van der Waals surface area contributed by atoms with Gasteiger partial charge in [-0.25, -0.2) is 18.7 Å². The number of rotatable bonds is 3. The molecule has 1 saturated carbocycles. The maximum Gasteiger partial charge on any atom is 0.135 e. The first kappa shape index (κ1) is 23.5. The van der Waals surface area contributed by atoms with Crippen LogP contribution in [0.25, 0.3) is 22.3 Å². The lowest BCUT2D eigenvalue weighted by molar-refractivity contribution is -0.0414. The number of benzene rings is 1. The molecule has 0 N–H and O–H groups in total. The highest BCUT2D eigenvalue weighted by Gasteiger charge is 2.27. The number of hydrogen-bond donors (Lipinski definition) is 0. The molecule has 8 heteroatoms. The van der Waals surface area contributed by atoms with Crippen LogP contribution in [0.3, 0.4) is 0 Å². The van der Waals surface area contributed by atoms with Gasteiger partial charge >= 0.3 is 0 Å². The maximum absolute atomic E-state index is 13.9. The van der Waals surface area contributed by atoms with Crippen LogP contribution >= 0.6 is 0 Å². The maximum atomic E-state index is 13.9. The summed E-state index contributed by atoms with van der Waals surface area (Å²) in [5.41, 5.74) is 4.59. The van der Waals surface area contributed by atoms with Crippen LogP contribution in [-0.2, 0) is 4.74 Å². The first-order chi connectivity index (χ1) is 16.9. The van der Waals surface area contributed by atoms with E-state index < -0.39 is 11.6 Å². The highest BCUT2D eigenvalue weighted by atomic mass is 19.1. The number of hydrogen-bond acceptors (Lipinski definition) is 5. The Morgan fingerprint density at radius 2 is 1.80 bits per heavy atom. The highest BCUT2D eigenvalue weighted by Crippen LogP contribution is 2.36. The van der Waals surface area contributed by atoms with Gasteiger partial charge in [0.25, 0.3) is 0 Å². The topological polar surface area (TPSA) is 65.7 Å². The van der Waals surface area contributed by atoms with Gasteiger partial charge in [-0.1, -0.05) is 0 Å². The van der Waals surface area contributed by atoms with Crippen molar-refractivity contribution in [2.45, 2.75) is 71.1 Å². The van der Waals surface area contributed by atoms with Crippen molar-refractivity contribution in [1.82, 2.24) is 24.7 Å². The Labute approximate surface area is 203 Å². The van der Waals surface area contributed by atoms with Gasteiger partial charge in [0, 0.05) is 29.6 Å². The van der Waals surface area contributed by atoms with Crippen LogP contribution in [-0.4, -0.2) is 30.8 Å². The van der Waals surface area contributed by atoms with E-state index in [9.17, 15) is 8.78 Å². The van der Waals surface area contributed by atoms with Gasteiger partial charge in [0.05, 0.1) is 41.4 Å². The van der Waals surface area contributed by atoms with E-state index in [0.29, 0.717) is 35.0 Å². The van der Waals surface area contributed by atoms with E-state index >= 15 is 0 Å². The van der Waals surface area contributed by atoms with Gasteiger partial charge in [0.2, 0.25) is 0 Å². The summed E-state index contributed by atoms with van der Waals surface area (Å²) in [4.78, 5) is 13.0. The monoisotopic (exact) mass is 477 g/mol. The molecule has 1 aliphatic heterocycles. The highest BCUT2D eigenvalue weighted by molar-refractivity contribution is 5.89. The van der Waals surface area contributed by atoms with E-state index in [1.165, 1.54) is 43.4 Å². The van der Waals surface area contributed by atoms with Gasteiger partial charge in [-0.15, -0.1) is 0 Å². The zero-order chi connectivity index (χ0) is 24.5. The van der Waals surface area contributed by atoms with Gasteiger partial charge < -0.3 is 4.74 Å². The van der Waals surface area contributed by atoms with E-state index in [4.69, 9.17) is 4.74 Å². The van der Waals surface area contributed by atoms with Crippen molar-refractivity contribution in [2.75, 3.05) is 0 Å². The molecular formula is C27H29F2N5O. The van der Waals surface area contributed by atoms with Gasteiger partial charge in [0.15, 0.2) is 0 Å². The summed E-state index contributed by atoms with van der Waals surface area (Å²) in [6.45, 7) is 5.86. The van der Waals surface area contributed by atoms with Crippen molar-refractivity contribution in [3.8, 4) is 11.3 Å². The molecule has 0 radical (unpaired) electrons. The molecule has 4 aromatic rings. The normalized spacial score (nSPS) is 19.9. The van der Waals surface area contributed by atoms with Crippen LogP contribution in [0.2, 0.25) is 0 Å². The van der Waals surface area contributed by atoms with Crippen LogP contribution < -0.4 is 0 Å². The average Bonchev–Trinajstić information content (AvgIpc) is 3.56. The third-order valence-corrected chi connectivity index (χ3v) is 6.57. The van der Waals surface area contributed by atoms with Crippen molar-refractivity contribution < 1.29 is 13.5 Å². The molecular weight excluding hydrogens is 448 g/mol. The molecule has 4 heterocycles. The quantitative estimate of drug-likeness (QED) is 0.340. The Kier molecular flexibility index (Phi) is 6.56. The van der Waals surface area contributed by atoms with Crippen molar-refractivity contribution in [3.05, 3.63) is 71.4 Å². The lowest BCUT2D eigenvalue weighted by Gasteiger charge is -2.26. The molecule has 2 fully saturated rings. The molecule has 1 aromatic carbocycles. The molecule has 2 unspecified atom stereocenters. The molecule has 0 amide bonds. The summed E-state index contributed by atoms with van der Waals surface area (Å²) in [6.07, 6.45) is 12.6. The Morgan fingerprint density at radius 3 is 2.54 bits per heavy atom. The molecule has 35 heavy (non-hydrogen) atoms. The summed E-state index contributed by atoms with van der Waals surface area (Å²) in [5.74, 6) is -1.28. The third kappa shape index (κ3) is 5.22. The molecule has 0 spiro atoms. The molecule has 2 aliphatic rings. The van der Waals surface area contributed by atoms with Crippen LogP contribution in [0.1, 0.15) is 68.1 Å². The summed E-state index contributed by atoms with van der Waals surface area (Å²) in [6, 6.07) is 5.81. The van der Waals surface area contributed by atoms with Crippen molar-refractivity contribution >= 4 is 11.0 Å². The summed E-state index contributed by atoms with van der Waals surface area (Å²) in [5, 5.41) is 4.42. The number of fused-ring (bicyclic) bond motifs is 1. The molecule has 6 rings (SSSR count). The average molecular weight is 478 g/mol. The Bertz CT molecular complexity index is 1350. The van der Waals surface area contributed by atoms with Crippen molar-refractivity contribution in [2.24, 2.45) is 0 Å². The van der Waals surface area contributed by atoms with Gasteiger partial charge in [-0.2, -0.15) is 5.10 Å². The van der Waals surface area contributed by atoms with Gasteiger partial charge in [-0.05, 0) is 71.1 Å². The lowest BCUT2D eigenvalue weighted by Crippen LogP contribution is -2.18. The third-order valence-electron chi connectivity index (χ3n) is 6.57. The summed E-state index contributed by atoms with van der Waals surface area (Å²) >= 11 is 0. The van der Waals surface area contributed by atoms with Crippen LogP contribution in [0.4, 0.5) is 8.78 Å². The van der Waals surface area contributed by atoms with E-state index in [1.54, 1.807) is 12.3 Å². The first-order valence-corrected chi connectivity index (χ1v) is 12.1. The smallest absolute Gasteiger partial charge is 0.135 e. The molecule has 3 aromatic heterocycles. The second-order valence-electron chi connectivity index (χ2n) is 9.40. The number of aryl methyl sites for hydroxylation is 2. The summed E-state index contributed by atoms with van der Waals surface area (Å²) in [7, 11) is 0. The SMILES string of the molecule is CC1CCCC(c2cnn(C3CC3)c2)O1.Cc1nc2ccnc(-c3ccc(F)cc3F)c2nc1C. The lowest BCUT2D eigenvalue weighted by atomic mass is 10.0. The molecule has 1 aliphatic carbocycles. The predicted octanol–water partition coefficient (Wildman–Crippen LogP) is 6.43. The van der Waals surface area contributed by atoms with E-state index in [0.717, 1.165) is 23.9 Å². The predicted molar refractivity (Wildman–Crippen MR) is 130 cm³/mol. The largest absolute Gasteiger partial charge is 0.370 e.